The Morgan fingerprint density at radius 3 is 1.90 bits per heavy atom. The SMILES string of the molecule is CCO[Si](OCC)(OCCN(CC)CC)c1ccccc1. The fourth-order valence-electron chi connectivity index (χ4n) is 2.25. The van der Waals surface area contributed by atoms with Gasteiger partial charge in [-0.1, -0.05) is 44.2 Å². The summed E-state index contributed by atoms with van der Waals surface area (Å²) >= 11 is 0. The van der Waals surface area contributed by atoms with Crippen molar-refractivity contribution in [3.05, 3.63) is 30.3 Å². The smallest absolute Gasteiger partial charge is 0.370 e. The summed E-state index contributed by atoms with van der Waals surface area (Å²) in [5.74, 6) is 0. The van der Waals surface area contributed by atoms with E-state index in [0.29, 0.717) is 19.8 Å². The molecule has 1 rings (SSSR count). The van der Waals surface area contributed by atoms with Gasteiger partial charge in [0.15, 0.2) is 0 Å². The fourth-order valence-corrected chi connectivity index (χ4v) is 4.72. The van der Waals surface area contributed by atoms with E-state index in [1.807, 2.05) is 44.2 Å². The van der Waals surface area contributed by atoms with Gasteiger partial charge in [0.25, 0.3) is 0 Å². The van der Waals surface area contributed by atoms with E-state index >= 15 is 0 Å². The van der Waals surface area contributed by atoms with Gasteiger partial charge >= 0.3 is 8.80 Å². The standard InChI is InChI=1S/C16H29NO3Si/c1-5-17(6-2)14-15-20-21(18-7-3,19-8-4)16-12-10-9-11-13-16/h9-13H,5-8,14-15H2,1-4H3. The van der Waals surface area contributed by atoms with Crippen LogP contribution < -0.4 is 5.19 Å². The monoisotopic (exact) mass is 311 g/mol. The van der Waals surface area contributed by atoms with Crippen molar-refractivity contribution in [2.75, 3.05) is 39.5 Å². The van der Waals surface area contributed by atoms with Gasteiger partial charge in [0.2, 0.25) is 0 Å². The largest absolute Gasteiger partial charge is 0.537 e. The summed E-state index contributed by atoms with van der Waals surface area (Å²) in [7, 11) is -2.79. The summed E-state index contributed by atoms with van der Waals surface area (Å²) in [5, 5.41) is 1.04. The lowest BCUT2D eigenvalue weighted by Gasteiger charge is -2.30. The van der Waals surface area contributed by atoms with Crippen LogP contribution in [-0.4, -0.2) is 53.2 Å². The molecule has 0 spiro atoms. The predicted molar refractivity (Wildman–Crippen MR) is 88.8 cm³/mol. The summed E-state index contributed by atoms with van der Waals surface area (Å²) in [5.41, 5.74) is 0. The number of rotatable bonds is 11. The minimum absolute atomic E-state index is 0.590. The van der Waals surface area contributed by atoms with Crippen molar-refractivity contribution >= 4 is 14.0 Å². The molecular formula is C16H29NO3Si. The Morgan fingerprint density at radius 2 is 1.43 bits per heavy atom. The van der Waals surface area contributed by atoms with Gasteiger partial charge in [0.1, 0.15) is 0 Å². The van der Waals surface area contributed by atoms with Crippen LogP contribution >= 0.6 is 0 Å². The lowest BCUT2D eigenvalue weighted by molar-refractivity contribution is 0.0726. The minimum atomic E-state index is -2.79. The van der Waals surface area contributed by atoms with Crippen LogP contribution in [-0.2, 0) is 13.3 Å². The average Bonchev–Trinajstić information content (AvgIpc) is 2.53. The summed E-state index contributed by atoms with van der Waals surface area (Å²) in [4.78, 5) is 2.34. The molecule has 0 saturated carbocycles. The fraction of sp³-hybridized carbons (Fsp3) is 0.625. The van der Waals surface area contributed by atoms with E-state index in [2.05, 4.69) is 18.7 Å². The molecule has 0 aliphatic rings. The third kappa shape index (κ3) is 5.52. The molecule has 0 amide bonds. The second-order valence-electron chi connectivity index (χ2n) is 4.66. The van der Waals surface area contributed by atoms with Gasteiger partial charge in [-0.05, 0) is 26.9 Å². The van der Waals surface area contributed by atoms with E-state index < -0.39 is 8.80 Å². The molecule has 21 heavy (non-hydrogen) atoms. The average molecular weight is 311 g/mol. The van der Waals surface area contributed by atoms with E-state index in [9.17, 15) is 0 Å². The molecule has 4 nitrogen and oxygen atoms in total. The van der Waals surface area contributed by atoms with Crippen LogP contribution in [0, 0.1) is 0 Å². The zero-order valence-corrected chi connectivity index (χ0v) is 14.8. The first-order valence-corrected chi connectivity index (χ1v) is 9.64. The van der Waals surface area contributed by atoms with Gasteiger partial charge in [-0.15, -0.1) is 0 Å². The molecule has 0 fully saturated rings. The van der Waals surface area contributed by atoms with Crippen LogP contribution in [0.4, 0.5) is 0 Å². The lowest BCUT2D eigenvalue weighted by atomic mass is 10.4. The highest BCUT2D eigenvalue weighted by molar-refractivity contribution is 6.75. The number of benzene rings is 1. The highest BCUT2D eigenvalue weighted by Crippen LogP contribution is 2.11. The Kier molecular flexibility index (Phi) is 8.80. The van der Waals surface area contributed by atoms with Gasteiger partial charge in [0.05, 0.1) is 6.61 Å². The molecule has 0 aliphatic heterocycles. The van der Waals surface area contributed by atoms with Gasteiger partial charge < -0.3 is 18.2 Å². The molecule has 0 N–H and O–H groups in total. The molecule has 1 aromatic carbocycles. The Labute approximate surface area is 130 Å². The molecule has 0 saturated heterocycles. The maximum atomic E-state index is 6.18. The summed E-state index contributed by atoms with van der Waals surface area (Å²) in [6, 6.07) is 10.1. The molecule has 5 heteroatoms. The Balaban J connectivity index is 2.80. The van der Waals surface area contributed by atoms with Gasteiger partial charge in [-0.3, -0.25) is 0 Å². The number of hydrogen-bond acceptors (Lipinski definition) is 4. The highest BCUT2D eigenvalue weighted by atomic mass is 28.4. The third-order valence-electron chi connectivity index (χ3n) is 3.39. The van der Waals surface area contributed by atoms with Crippen molar-refractivity contribution in [3.63, 3.8) is 0 Å². The predicted octanol–water partition coefficient (Wildman–Crippen LogP) is 2.26. The zero-order valence-electron chi connectivity index (χ0n) is 13.8. The molecule has 0 aliphatic carbocycles. The van der Waals surface area contributed by atoms with Crippen molar-refractivity contribution in [1.82, 2.24) is 4.90 Å². The molecule has 120 valence electrons. The summed E-state index contributed by atoms with van der Waals surface area (Å²) in [6.45, 7) is 13.1. The van der Waals surface area contributed by atoms with Crippen molar-refractivity contribution in [2.24, 2.45) is 0 Å². The van der Waals surface area contributed by atoms with Crippen LogP contribution in [0.1, 0.15) is 27.7 Å². The minimum Gasteiger partial charge on any atom is -0.370 e. The van der Waals surface area contributed by atoms with E-state index in [1.54, 1.807) is 0 Å². The molecule has 0 atom stereocenters. The van der Waals surface area contributed by atoms with Crippen LogP contribution in [0.25, 0.3) is 0 Å². The molecular weight excluding hydrogens is 282 g/mol. The third-order valence-corrected chi connectivity index (χ3v) is 6.35. The first-order chi connectivity index (χ1) is 10.2. The van der Waals surface area contributed by atoms with Crippen LogP contribution in [0.2, 0.25) is 0 Å². The van der Waals surface area contributed by atoms with Crippen molar-refractivity contribution in [1.29, 1.82) is 0 Å². The second kappa shape index (κ2) is 10.1. The molecule has 0 radical (unpaired) electrons. The highest BCUT2D eigenvalue weighted by Gasteiger charge is 2.43. The summed E-state index contributed by atoms with van der Waals surface area (Å²) < 4.78 is 18.1. The van der Waals surface area contributed by atoms with Gasteiger partial charge in [0, 0.05) is 24.9 Å². The van der Waals surface area contributed by atoms with E-state index in [0.717, 1.165) is 24.8 Å². The zero-order chi connectivity index (χ0) is 15.6. The second-order valence-corrected chi connectivity index (χ2v) is 7.22. The van der Waals surface area contributed by atoms with Crippen molar-refractivity contribution in [3.8, 4) is 0 Å². The van der Waals surface area contributed by atoms with Crippen LogP contribution in [0.5, 0.6) is 0 Å². The number of likely N-dealkylation sites (N-methyl/N-ethyl adjacent to an activating group) is 1. The van der Waals surface area contributed by atoms with Crippen LogP contribution in [0.15, 0.2) is 30.3 Å². The molecule has 1 aromatic rings. The van der Waals surface area contributed by atoms with E-state index in [1.165, 1.54) is 0 Å². The van der Waals surface area contributed by atoms with E-state index in [4.69, 9.17) is 13.3 Å². The Morgan fingerprint density at radius 1 is 0.857 bits per heavy atom. The van der Waals surface area contributed by atoms with Crippen LogP contribution in [0.3, 0.4) is 0 Å². The maximum absolute atomic E-state index is 6.18. The molecule has 0 heterocycles. The lowest BCUT2D eigenvalue weighted by Crippen LogP contribution is -2.57. The topological polar surface area (TPSA) is 30.9 Å². The first-order valence-electron chi connectivity index (χ1n) is 7.92. The first kappa shape index (κ1) is 18.3. The maximum Gasteiger partial charge on any atom is 0.537 e. The van der Waals surface area contributed by atoms with E-state index in [-0.39, 0.29) is 0 Å². The quantitative estimate of drug-likeness (QED) is 0.587. The molecule has 0 unspecified atom stereocenters. The van der Waals surface area contributed by atoms with Crippen molar-refractivity contribution < 1.29 is 13.3 Å². The Bertz CT molecular complexity index is 365. The molecule has 0 bridgehead atoms. The normalized spacial score (nSPS) is 12.0. The Hall–Kier alpha value is -0.723. The summed E-state index contributed by atoms with van der Waals surface area (Å²) in [6.07, 6.45) is 0. The van der Waals surface area contributed by atoms with Gasteiger partial charge in [-0.2, -0.15) is 0 Å². The van der Waals surface area contributed by atoms with Crippen molar-refractivity contribution in [2.45, 2.75) is 27.7 Å². The molecule has 0 aromatic heterocycles. The number of nitrogens with zero attached hydrogens (tertiary/aromatic N) is 1. The number of hydrogen-bond donors (Lipinski definition) is 0. The van der Waals surface area contributed by atoms with Gasteiger partial charge in [-0.25, -0.2) is 0 Å².